The van der Waals surface area contributed by atoms with E-state index in [2.05, 4.69) is 55.2 Å². The number of guanidine groups is 1. The summed E-state index contributed by atoms with van der Waals surface area (Å²) >= 11 is 1.72. The highest BCUT2D eigenvalue weighted by atomic mass is 32.1. The summed E-state index contributed by atoms with van der Waals surface area (Å²) in [5.41, 5.74) is 1.12. The van der Waals surface area contributed by atoms with Crippen LogP contribution in [0.2, 0.25) is 0 Å². The van der Waals surface area contributed by atoms with Gasteiger partial charge in [0.15, 0.2) is 5.96 Å². The Hall–Kier alpha value is -1.10. The van der Waals surface area contributed by atoms with Gasteiger partial charge in [-0.1, -0.05) is 0 Å². The molecule has 0 aromatic carbocycles. The van der Waals surface area contributed by atoms with Crippen LogP contribution in [0.25, 0.3) is 0 Å². The molecule has 18 heavy (non-hydrogen) atoms. The minimum Gasteiger partial charge on any atom is -0.357 e. The molecule has 1 aromatic rings. The van der Waals surface area contributed by atoms with Gasteiger partial charge in [-0.3, -0.25) is 0 Å². The first-order valence-electron chi connectivity index (χ1n) is 6.31. The van der Waals surface area contributed by atoms with E-state index in [9.17, 15) is 0 Å². The molecule has 0 saturated heterocycles. The third kappa shape index (κ3) is 5.04. The number of hydrogen-bond donors (Lipinski definition) is 2. The highest BCUT2D eigenvalue weighted by Crippen LogP contribution is 2.16. The van der Waals surface area contributed by atoms with Crippen LogP contribution in [-0.2, 0) is 6.54 Å². The van der Waals surface area contributed by atoms with Crippen LogP contribution in [0.1, 0.15) is 43.3 Å². The summed E-state index contributed by atoms with van der Waals surface area (Å²) in [6.07, 6.45) is 0. The smallest absolute Gasteiger partial charge is 0.192 e. The Labute approximate surface area is 114 Å². The molecule has 0 radical (unpaired) electrons. The van der Waals surface area contributed by atoms with E-state index in [0.717, 1.165) is 23.2 Å². The Bertz CT molecular complexity index is 396. The first-order valence-corrected chi connectivity index (χ1v) is 7.13. The molecule has 102 valence electrons. The molecule has 0 unspecified atom stereocenters. The van der Waals surface area contributed by atoms with Crippen LogP contribution in [0.15, 0.2) is 4.99 Å². The molecule has 5 heteroatoms. The Morgan fingerprint density at radius 2 is 2.00 bits per heavy atom. The molecule has 0 amide bonds. The zero-order chi connectivity index (χ0) is 13.8. The van der Waals surface area contributed by atoms with E-state index in [1.165, 1.54) is 4.88 Å². The molecule has 0 atom stereocenters. The standard InChI is InChI=1S/C13H24N4S/c1-7-14-12(17-13(4,5)6)15-8-11-16-9(2)10(3)18-11/h7-8H2,1-6H3,(H2,14,15,17). The summed E-state index contributed by atoms with van der Waals surface area (Å²) in [7, 11) is 0. The second-order valence-electron chi connectivity index (χ2n) is 5.32. The minimum absolute atomic E-state index is 0.00964. The maximum absolute atomic E-state index is 4.57. The maximum atomic E-state index is 4.57. The molecule has 4 nitrogen and oxygen atoms in total. The molecule has 0 aliphatic carbocycles. The first kappa shape index (κ1) is 15.0. The number of aliphatic imine (C=N–C) groups is 1. The van der Waals surface area contributed by atoms with Gasteiger partial charge in [0, 0.05) is 17.0 Å². The molecule has 1 rings (SSSR count). The third-order valence-corrected chi connectivity index (χ3v) is 3.34. The highest BCUT2D eigenvalue weighted by Gasteiger charge is 2.11. The number of aromatic nitrogens is 1. The molecule has 0 spiro atoms. The quantitative estimate of drug-likeness (QED) is 0.654. The van der Waals surface area contributed by atoms with Crippen LogP contribution < -0.4 is 10.6 Å². The lowest BCUT2D eigenvalue weighted by Gasteiger charge is -2.23. The first-order chi connectivity index (χ1) is 8.31. The van der Waals surface area contributed by atoms with Gasteiger partial charge >= 0.3 is 0 Å². The predicted molar refractivity (Wildman–Crippen MR) is 79.3 cm³/mol. The number of aryl methyl sites for hydroxylation is 2. The van der Waals surface area contributed by atoms with Crippen LogP contribution in [0, 0.1) is 13.8 Å². The fourth-order valence-electron chi connectivity index (χ4n) is 1.42. The lowest BCUT2D eigenvalue weighted by molar-refractivity contribution is 0.501. The van der Waals surface area contributed by atoms with Gasteiger partial charge in [0.2, 0.25) is 0 Å². The number of nitrogens with zero attached hydrogens (tertiary/aromatic N) is 2. The third-order valence-electron chi connectivity index (χ3n) is 2.28. The van der Waals surface area contributed by atoms with E-state index in [-0.39, 0.29) is 5.54 Å². The summed E-state index contributed by atoms with van der Waals surface area (Å²) in [5, 5.41) is 7.68. The van der Waals surface area contributed by atoms with Crippen molar-refractivity contribution in [3.8, 4) is 0 Å². The van der Waals surface area contributed by atoms with Crippen molar-refractivity contribution >= 4 is 17.3 Å². The molecular formula is C13H24N4S. The largest absolute Gasteiger partial charge is 0.357 e. The van der Waals surface area contributed by atoms with E-state index >= 15 is 0 Å². The maximum Gasteiger partial charge on any atom is 0.192 e. The van der Waals surface area contributed by atoms with E-state index in [4.69, 9.17) is 0 Å². The van der Waals surface area contributed by atoms with Gasteiger partial charge in [-0.25, -0.2) is 9.98 Å². The fourth-order valence-corrected chi connectivity index (χ4v) is 2.27. The lowest BCUT2D eigenvalue weighted by atomic mass is 10.1. The average molecular weight is 268 g/mol. The number of hydrogen-bond acceptors (Lipinski definition) is 3. The van der Waals surface area contributed by atoms with Crippen molar-refractivity contribution in [2.75, 3.05) is 6.54 Å². The Morgan fingerprint density at radius 3 is 2.44 bits per heavy atom. The summed E-state index contributed by atoms with van der Waals surface area (Å²) in [5.74, 6) is 0.843. The lowest BCUT2D eigenvalue weighted by Crippen LogP contribution is -2.47. The van der Waals surface area contributed by atoms with Gasteiger partial charge in [0.05, 0.1) is 12.2 Å². The van der Waals surface area contributed by atoms with Crippen molar-refractivity contribution in [1.82, 2.24) is 15.6 Å². The van der Waals surface area contributed by atoms with Gasteiger partial charge in [0.25, 0.3) is 0 Å². The van der Waals surface area contributed by atoms with E-state index in [0.29, 0.717) is 6.54 Å². The van der Waals surface area contributed by atoms with Gasteiger partial charge < -0.3 is 10.6 Å². The van der Waals surface area contributed by atoms with Crippen molar-refractivity contribution in [3.63, 3.8) is 0 Å². The zero-order valence-corrected chi connectivity index (χ0v) is 13.0. The number of thiazole rings is 1. The zero-order valence-electron chi connectivity index (χ0n) is 12.2. The summed E-state index contributed by atoms with van der Waals surface area (Å²) < 4.78 is 0. The minimum atomic E-state index is 0.00964. The Morgan fingerprint density at radius 1 is 1.33 bits per heavy atom. The molecular weight excluding hydrogens is 244 g/mol. The van der Waals surface area contributed by atoms with Crippen LogP contribution in [0.5, 0.6) is 0 Å². The van der Waals surface area contributed by atoms with Crippen LogP contribution in [-0.4, -0.2) is 23.0 Å². The molecule has 0 aliphatic heterocycles. The van der Waals surface area contributed by atoms with E-state index in [1.807, 2.05) is 6.92 Å². The van der Waals surface area contributed by atoms with Crippen molar-refractivity contribution in [1.29, 1.82) is 0 Å². The summed E-state index contributed by atoms with van der Waals surface area (Å²) in [4.78, 5) is 10.3. The number of nitrogens with one attached hydrogen (secondary N) is 2. The normalized spacial score (nSPS) is 12.7. The van der Waals surface area contributed by atoms with Crippen molar-refractivity contribution in [3.05, 3.63) is 15.6 Å². The van der Waals surface area contributed by atoms with Crippen molar-refractivity contribution in [2.45, 2.75) is 53.6 Å². The van der Waals surface area contributed by atoms with Crippen molar-refractivity contribution < 1.29 is 0 Å². The summed E-state index contributed by atoms with van der Waals surface area (Å²) in [6, 6.07) is 0. The molecule has 0 saturated carbocycles. The van der Waals surface area contributed by atoms with Gasteiger partial charge in [-0.05, 0) is 41.5 Å². The molecule has 1 aromatic heterocycles. The molecule has 0 aliphatic rings. The van der Waals surface area contributed by atoms with E-state index in [1.54, 1.807) is 11.3 Å². The van der Waals surface area contributed by atoms with Crippen LogP contribution in [0.4, 0.5) is 0 Å². The van der Waals surface area contributed by atoms with Gasteiger partial charge in [-0.2, -0.15) is 0 Å². The monoisotopic (exact) mass is 268 g/mol. The molecule has 2 N–H and O–H groups in total. The molecule has 1 heterocycles. The topological polar surface area (TPSA) is 49.3 Å². The average Bonchev–Trinajstić information content (AvgIpc) is 2.53. The van der Waals surface area contributed by atoms with Gasteiger partial charge in [-0.15, -0.1) is 11.3 Å². The Kier molecular flexibility index (Phi) is 5.14. The molecule has 0 fully saturated rings. The number of rotatable bonds is 3. The van der Waals surface area contributed by atoms with E-state index < -0.39 is 0 Å². The van der Waals surface area contributed by atoms with Crippen molar-refractivity contribution in [2.24, 2.45) is 4.99 Å². The van der Waals surface area contributed by atoms with Crippen LogP contribution >= 0.6 is 11.3 Å². The summed E-state index contributed by atoms with van der Waals surface area (Å²) in [6.45, 7) is 14.1. The second kappa shape index (κ2) is 6.18. The second-order valence-corrected chi connectivity index (χ2v) is 6.61. The fraction of sp³-hybridized carbons (Fsp3) is 0.692. The van der Waals surface area contributed by atoms with Crippen LogP contribution in [0.3, 0.4) is 0 Å². The van der Waals surface area contributed by atoms with Gasteiger partial charge in [0.1, 0.15) is 5.01 Å². The SMILES string of the molecule is CCNC(=NCc1nc(C)c(C)s1)NC(C)(C)C. The highest BCUT2D eigenvalue weighted by molar-refractivity contribution is 7.11. The molecule has 0 bridgehead atoms. The predicted octanol–water partition coefficient (Wildman–Crippen LogP) is 2.61. The Balaban J connectivity index is 2.70.